The van der Waals surface area contributed by atoms with Gasteiger partial charge in [0.05, 0.1) is 0 Å². The van der Waals surface area contributed by atoms with Gasteiger partial charge < -0.3 is 5.32 Å². The molecule has 0 atom stereocenters. The summed E-state index contributed by atoms with van der Waals surface area (Å²) in [6, 6.07) is 0. The van der Waals surface area contributed by atoms with Crippen molar-refractivity contribution < 1.29 is 0 Å². The van der Waals surface area contributed by atoms with Crippen molar-refractivity contribution in [1.82, 2.24) is 10.2 Å². The van der Waals surface area contributed by atoms with E-state index in [9.17, 15) is 0 Å². The molecule has 0 unspecified atom stereocenters. The van der Waals surface area contributed by atoms with E-state index in [1.807, 2.05) is 6.92 Å². The first-order valence-electron chi connectivity index (χ1n) is 6.58. The Hall–Kier alpha value is -1.02. The van der Waals surface area contributed by atoms with Gasteiger partial charge in [-0.15, -0.1) is 0 Å². The summed E-state index contributed by atoms with van der Waals surface area (Å²) < 4.78 is 0. The maximum absolute atomic E-state index is 4.11. The Kier molecular flexibility index (Phi) is 8.51. The third-order valence-corrected chi connectivity index (χ3v) is 2.88. The summed E-state index contributed by atoms with van der Waals surface area (Å²) >= 11 is 0. The molecule has 0 aliphatic carbocycles. The first-order chi connectivity index (χ1) is 8.08. The second-order valence-corrected chi connectivity index (χ2v) is 4.21. The van der Waals surface area contributed by atoms with E-state index in [0.29, 0.717) is 0 Å². The van der Waals surface area contributed by atoms with Crippen LogP contribution >= 0.6 is 0 Å². The molecule has 98 valence electrons. The van der Waals surface area contributed by atoms with Gasteiger partial charge in [0.15, 0.2) is 0 Å². The number of hydrogen-bond acceptors (Lipinski definition) is 2. The van der Waals surface area contributed by atoms with Gasteiger partial charge >= 0.3 is 0 Å². The van der Waals surface area contributed by atoms with E-state index >= 15 is 0 Å². The van der Waals surface area contributed by atoms with Crippen molar-refractivity contribution in [2.75, 3.05) is 19.6 Å². The van der Waals surface area contributed by atoms with Crippen LogP contribution in [0.5, 0.6) is 0 Å². The molecule has 0 aromatic carbocycles. The van der Waals surface area contributed by atoms with Crippen molar-refractivity contribution in [2.45, 2.75) is 41.0 Å². The molecule has 0 amide bonds. The summed E-state index contributed by atoms with van der Waals surface area (Å²) in [7, 11) is 0. The topological polar surface area (TPSA) is 15.3 Å². The Morgan fingerprint density at radius 1 is 1.24 bits per heavy atom. The zero-order chi connectivity index (χ0) is 13.3. The van der Waals surface area contributed by atoms with E-state index in [1.165, 1.54) is 11.3 Å². The molecule has 0 rings (SSSR count). The first-order valence-corrected chi connectivity index (χ1v) is 6.58. The Balaban J connectivity index is 4.49. The second-order valence-electron chi connectivity index (χ2n) is 4.21. The highest BCUT2D eigenvalue weighted by molar-refractivity contribution is 5.24. The normalized spacial score (nSPS) is 13.1. The number of likely N-dealkylation sites (N-methyl/N-ethyl adjacent to an activating group) is 1. The van der Waals surface area contributed by atoms with Crippen LogP contribution in [-0.2, 0) is 0 Å². The van der Waals surface area contributed by atoms with Gasteiger partial charge in [-0.25, -0.2) is 0 Å². The van der Waals surface area contributed by atoms with E-state index in [4.69, 9.17) is 0 Å². The van der Waals surface area contributed by atoms with Gasteiger partial charge in [0.1, 0.15) is 0 Å². The summed E-state index contributed by atoms with van der Waals surface area (Å²) in [6.45, 7) is 17.9. The van der Waals surface area contributed by atoms with Crippen molar-refractivity contribution in [3.63, 3.8) is 0 Å². The number of nitrogens with one attached hydrogen (secondary N) is 1. The molecule has 0 bridgehead atoms. The zero-order valence-electron chi connectivity index (χ0n) is 12.1. The molecule has 0 heterocycles. The van der Waals surface area contributed by atoms with Crippen molar-refractivity contribution in [2.24, 2.45) is 0 Å². The van der Waals surface area contributed by atoms with E-state index < -0.39 is 0 Å². The Morgan fingerprint density at radius 3 is 2.24 bits per heavy atom. The van der Waals surface area contributed by atoms with E-state index in [1.54, 1.807) is 0 Å². The lowest BCUT2D eigenvalue weighted by atomic mass is 10.1. The average molecular weight is 236 g/mol. The molecule has 0 aromatic rings. The minimum absolute atomic E-state index is 0.916. The number of hydrogen-bond donors (Lipinski definition) is 1. The van der Waals surface area contributed by atoms with Crippen molar-refractivity contribution in [3.8, 4) is 0 Å². The standard InChI is InChI=1S/C15H28N2/c1-7-11-13(5)15(8-2)16-14(6)12-17(9-3)10-4/h7,11,16H,6,8-10,12H2,1-5H3/b11-7-,15-13+. The highest BCUT2D eigenvalue weighted by atomic mass is 15.1. The van der Waals surface area contributed by atoms with Crippen molar-refractivity contribution in [3.05, 3.63) is 35.7 Å². The molecule has 0 saturated heterocycles. The van der Waals surface area contributed by atoms with Crippen LogP contribution in [0.2, 0.25) is 0 Å². The molecule has 1 N–H and O–H groups in total. The maximum atomic E-state index is 4.11. The molecular formula is C15H28N2. The summed E-state index contributed by atoms with van der Waals surface area (Å²) in [5, 5.41) is 3.44. The number of rotatable bonds is 8. The quantitative estimate of drug-likeness (QED) is 0.647. The first kappa shape index (κ1) is 16.0. The monoisotopic (exact) mass is 236 g/mol. The number of nitrogens with zero attached hydrogens (tertiary/aromatic N) is 1. The van der Waals surface area contributed by atoms with Crippen LogP contribution in [0.1, 0.15) is 41.0 Å². The van der Waals surface area contributed by atoms with Gasteiger partial charge in [-0.05, 0) is 38.9 Å². The van der Waals surface area contributed by atoms with E-state index in [-0.39, 0.29) is 0 Å². The van der Waals surface area contributed by atoms with Crippen LogP contribution in [0.25, 0.3) is 0 Å². The summed E-state index contributed by atoms with van der Waals surface area (Å²) in [6.07, 6.45) is 5.21. The number of allylic oxidation sites excluding steroid dienone is 4. The van der Waals surface area contributed by atoms with Crippen LogP contribution in [0, 0.1) is 0 Å². The average Bonchev–Trinajstić information content (AvgIpc) is 2.33. The predicted molar refractivity (Wildman–Crippen MR) is 77.9 cm³/mol. The minimum atomic E-state index is 0.916. The fourth-order valence-corrected chi connectivity index (χ4v) is 1.79. The highest BCUT2D eigenvalue weighted by Gasteiger charge is 2.04. The van der Waals surface area contributed by atoms with Crippen LogP contribution < -0.4 is 5.32 Å². The lowest BCUT2D eigenvalue weighted by Crippen LogP contribution is -2.29. The van der Waals surface area contributed by atoms with Crippen LogP contribution in [0.15, 0.2) is 35.7 Å². The van der Waals surface area contributed by atoms with E-state index in [0.717, 1.165) is 31.8 Å². The van der Waals surface area contributed by atoms with Gasteiger partial charge in [-0.1, -0.05) is 39.5 Å². The highest BCUT2D eigenvalue weighted by Crippen LogP contribution is 2.09. The van der Waals surface area contributed by atoms with Gasteiger partial charge in [-0.2, -0.15) is 0 Å². The lowest BCUT2D eigenvalue weighted by molar-refractivity contribution is 0.325. The van der Waals surface area contributed by atoms with Crippen LogP contribution in [0.3, 0.4) is 0 Å². The fourth-order valence-electron chi connectivity index (χ4n) is 1.79. The Morgan fingerprint density at radius 2 is 1.82 bits per heavy atom. The predicted octanol–water partition coefficient (Wildman–Crippen LogP) is 3.69. The van der Waals surface area contributed by atoms with Crippen molar-refractivity contribution in [1.29, 1.82) is 0 Å². The van der Waals surface area contributed by atoms with Gasteiger partial charge in [0.2, 0.25) is 0 Å². The molecule has 2 heteroatoms. The van der Waals surface area contributed by atoms with Crippen LogP contribution in [-0.4, -0.2) is 24.5 Å². The van der Waals surface area contributed by atoms with Gasteiger partial charge in [0, 0.05) is 17.9 Å². The largest absolute Gasteiger partial charge is 0.361 e. The third kappa shape index (κ3) is 6.32. The van der Waals surface area contributed by atoms with Crippen LogP contribution in [0.4, 0.5) is 0 Å². The Bertz CT molecular complexity index is 283. The molecular weight excluding hydrogens is 208 g/mol. The van der Waals surface area contributed by atoms with Gasteiger partial charge in [-0.3, -0.25) is 4.90 Å². The summed E-state index contributed by atoms with van der Waals surface area (Å²) in [5.74, 6) is 0. The molecule has 2 nitrogen and oxygen atoms in total. The molecule has 0 aromatic heterocycles. The smallest absolute Gasteiger partial charge is 0.0378 e. The Labute approximate surface area is 107 Å². The fraction of sp³-hybridized carbons (Fsp3) is 0.600. The second kappa shape index (κ2) is 9.06. The molecule has 0 fully saturated rings. The molecule has 0 spiro atoms. The zero-order valence-corrected chi connectivity index (χ0v) is 12.1. The molecule has 0 saturated carbocycles. The minimum Gasteiger partial charge on any atom is -0.361 e. The molecule has 17 heavy (non-hydrogen) atoms. The lowest BCUT2D eigenvalue weighted by Gasteiger charge is -2.21. The van der Waals surface area contributed by atoms with Gasteiger partial charge in [0.25, 0.3) is 0 Å². The molecule has 0 radical (unpaired) electrons. The summed E-state index contributed by atoms with van der Waals surface area (Å²) in [5.41, 5.74) is 3.63. The summed E-state index contributed by atoms with van der Waals surface area (Å²) in [4.78, 5) is 2.35. The molecule has 0 aliphatic rings. The van der Waals surface area contributed by atoms with E-state index in [2.05, 4.69) is 56.6 Å². The SMILES string of the molecule is C=C(CN(CC)CC)N/C(CC)=C(C)/C=C\C. The maximum Gasteiger partial charge on any atom is 0.0378 e. The van der Waals surface area contributed by atoms with Crippen molar-refractivity contribution >= 4 is 0 Å². The third-order valence-electron chi connectivity index (χ3n) is 2.88. The molecule has 0 aliphatic heterocycles.